The second-order valence-electron chi connectivity index (χ2n) is 6.12. The number of methoxy groups -OCH3 is 1. The van der Waals surface area contributed by atoms with Gasteiger partial charge in [0.15, 0.2) is 11.3 Å². The molecule has 5 nitrogen and oxygen atoms in total. The SMILES string of the molecule is COc1ccc(C2CC(=O)N(CCO)C2)c2c1oc1ccccc12. The molecule has 0 aliphatic carbocycles. The summed E-state index contributed by atoms with van der Waals surface area (Å²) in [6.45, 7) is 1.01. The maximum absolute atomic E-state index is 12.2. The number of aliphatic hydroxyl groups is 1. The molecular formula is C19H19NO4. The van der Waals surface area contributed by atoms with Crippen LogP contribution in [0.1, 0.15) is 17.9 Å². The summed E-state index contributed by atoms with van der Waals surface area (Å²) in [5.41, 5.74) is 2.64. The molecule has 0 bridgehead atoms. The van der Waals surface area contributed by atoms with Gasteiger partial charge >= 0.3 is 0 Å². The Morgan fingerprint density at radius 3 is 2.92 bits per heavy atom. The number of β-amino-alcohol motifs (C(OH)–C–C–N with tert-alkyl or cyclic N) is 1. The number of aliphatic hydroxyl groups excluding tert-OH is 1. The summed E-state index contributed by atoms with van der Waals surface area (Å²) in [6, 6.07) is 11.8. The van der Waals surface area contributed by atoms with Crippen LogP contribution in [0.5, 0.6) is 5.75 Å². The van der Waals surface area contributed by atoms with Crippen molar-refractivity contribution in [3.05, 3.63) is 42.0 Å². The highest BCUT2D eigenvalue weighted by atomic mass is 16.5. The van der Waals surface area contributed by atoms with E-state index in [1.54, 1.807) is 12.0 Å². The van der Waals surface area contributed by atoms with Crippen LogP contribution in [-0.2, 0) is 4.79 Å². The Kier molecular flexibility index (Phi) is 3.65. The van der Waals surface area contributed by atoms with Crippen LogP contribution in [-0.4, -0.2) is 42.7 Å². The minimum absolute atomic E-state index is 0.00881. The molecule has 2 aromatic carbocycles. The van der Waals surface area contributed by atoms with Gasteiger partial charge in [0, 0.05) is 36.2 Å². The Morgan fingerprint density at radius 1 is 1.29 bits per heavy atom. The van der Waals surface area contributed by atoms with Crippen molar-refractivity contribution in [2.75, 3.05) is 26.8 Å². The average molecular weight is 325 g/mol. The zero-order valence-corrected chi connectivity index (χ0v) is 13.5. The molecule has 24 heavy (non-hydrogen) atoms. The van der Waals surface area contributed by atoms with Crippen molar-refractivity contribution in [1.29, 1.82) is 0 Å². The van der Waals surface area contributed by atoms with Gasteiger partial charge in [-0.1, -0.05) is 24.3 Å². The first-order valence-electron chi connectivity index (χ1n) is 8.09. The minimum atomic E-state index is -0.00881. The number of benzene rings is 2. The van der Waals surface area contributed by atoms with Gasteiger partial charge in [0.1, 0.15) is 5.58 Å². The lowest BCUT2D eigenvalue weighted by Gasteiger charge is -2.16. The van der Waals surface area contributed by atoms with Crippen molar-refractivity contribution in [1.82, 2.24) is 4.90 Å². The van der Waals surface area contributed by atoms with Gasteiger partial charge in [-0.2, -0.15) is 0 Å². The van der Waals surface area contributed by atoms with Crippen LogP contribution in [0.2, 0.25) is 0 Å². The van der Waals surface area contributed by atoms with E-state index in [4.69, 9.17) is 14.3 Å². The third-order valence-corrected chi connectivity index (χ3v) is 4.77. The highest BCUT2D eigenvalue weighted by Crippen LogP contribution is 2.41. The normalized spacial score (nSPS) is 18.0. The number of carbonyl (C=O) groups excluding carboxylic acids is 1. The molecule has 4 rings (SSSR count). The second-order valence-corrected chi connectivity index (χ2v) is 6.12. The third kappa shape index (κ3) is 2.24. The molecule has 1 fully saturated rings. The van der Waals surface area contributed by atoms with Gasteiger partial charge in [0.2, 0.25) is 5.91 Å². The maximum Gasteiger partial charge on any atom is 0.223 e. The molecule has 1 aromatic heterocycles. The topological polar surface area (TPSA) is 62.9 Å². The van der Waals surface area contributed by atoms with E-state index < -0.39 is 0 Å². The fourth-order valence-corrected chi connectivity index (χ4v) is 3.65. The summed E-state index contributed by atoms with van der Waals surface area (Å²) < 4.78 is 11.5. The second kappa shape index (κ2) is 5.83. The van der Waals surface area contributed by atoms with Gasteiger partial charge in [0.05, 0.1) is 13.7 Å². The molecule has 5 heteroatoms. The molecule has 1 unspecified atom stereocenters. The lowest BCUT2D eigenvalue weighted by atomic mass is 9.93. The Balaban J connectivity index is 1.88. The highest BCUT2D eigenvalue weighted by molar-refractivity contribution is 6.09. The Hall–Kier alpha value is -2.53. The maximum atomic E-state index is 12.2. The van der Waals surface area contributed by atoms with Crippen LogP contribution in [0.15, 0.2) is 40.8 Å². The van der Waals surface area contributed by atoms with Crippen LogP contribution < -0.4 is 4.74 Å². The molecule has 0 radical (unpaired) electrons. The monoisotopic (exact) mass is 325 g/mol. The standard InChI is InChI=1S/C19H19NO4/c1-23-16-7-6-13(12-10-17(22)20(11-12)8-9-21)18-14-4-2-3-5-15(14)24-19(16)18/h2-7,12,21H,8-11H2,1H3. The number of furan rings is 1. The summed E-state index contributed by atoms with van der Waals surface area (Å²) in [5, 5.41) is 11.2. The van der Waals surface area contributed by atoms with Crippen molar-refractivity contribution >= 4 is 27.8 Å². The van der Waals surface area contributed by atoms with E-state index in [1.807, 2.05) is 36.4 Å². The molecule has 1 amide bonds. The van der Waals surface area contributed by atoms with E-state index >= 15 is 0 Å². The van der Waals surface area contributed by atoms with E-state index in [1.165, 1.54) is 0 Å². The van der Waals surface area contributed by atoms with Crippen molar-refractivity contribution in [2.24, 2.45) is 0 Å². The third-order valence-electron chi connectivity index (χ3n) is 4.77. The van der Waals surface area contributed by atoms with Gasteiger partial charge in [-0.15, -0.1) is 0 Å². The Labute approximate surface area is 139 Å². The smallest absolute Gasteiger partial charge is 0.223 e. The number of ether oxygens (including phenoxy) is 1. The summed E-state index contributed by atoms with van der Waals surface area (Å²) in [6.07, 6.45) is 0.459. The van der Waals surface area contributed by atoms with Crippen molar-refractivity contribution in [3.63, 3.8) is 0 Å². The largest absolute Gasteiger partial charge is 0.493 e. The van der Waals surface area contributed by atoms with Gasteiger partial charge < -0.3 is 19.2 Å². The lowest BCUT2D eigenvalue weighted by Crippen LogP contribution is -2.28. The molecule has 124 valence electrons. The van der Waals surface area contributed by atoms with E-state index in [9.17, 15) is 4.79 Å². The first kappa shape index (κ1) is 15.0. The van der Waals surface area contributed by atoms with Crippen LogP contribution >= 0.6 is 0 Å². The number of rotatable bonds is 4. The number of nitrogens with zero attached hydrogens (tertiary/aromatic N) is 1. The molecule has 3 aromatic rings. The minimum Gasteiger partial charge on any atom is -0.493 e. The van der Waals surface area contributed by atoms with Crippen LogP contribution in [0.3, 0.4) is 0 Å². The predicted molar refractivity (Wildman–Crippen MR) is 91.3 cm³/mol. The lowest BCUT2D eigenvalue weighted by molar-refractivity contribution is -0.128. The van der Waals surface area contributed by atoms with Crippen molar-refractivity contribution in [3.8, 4) is 5.75 Å². The number of amides is 1. The van der Waals surface area contributed by atoms with E-state index in [0.717, 1.165) is 27.5 Å². The molecule has 1 atom stereocenters. The Morgan fingerprint density at radius 2 is 2.12 bits per heavy atom. The van der Waals surface area contributed by atoms with Crippen molar-refractivity contribution in [2.45, 2.75) is 12.3 Å². The number of carbonyl (C=O) groups is 1. The van der Waals surface area contributed by atoms with Gasteiger partial charge in [-0.05, 0) is 17.7 Å². The number of para-hydroxylation sites is 1. The fraction of sp³-hybridized carbons (Fsp3) is 0.316. The quantitative estimate of drug-likeness (QED) is 0.801. The molecule has 0 spiro atoms. The Bertz CT molecular complexity index is 914. The van der Waals surface area contributed by atoms with Gasteiger partial charge in [0.25, 0.3) is 0 Å². The number of hydrogen-bond donors (Lipinski definition) is 1. The van der Waals surface area contributed by atoms with Crippen LogP contribution in [0.25, 0.3) is 21.9 Å². The molecule has 1 N–H and O–H groups in total. The molecule has 1 aliphatic heterocycles. The van der Waals surface area contributed by atoms with Crippen molar-refractivity contribution < 1.29 is 19.1 Å². The predicted octanol–water partition coefficient (Wildman–Crippen LogP) is 2.90. The molecule has 2 heterocycles. The van der Waals surface area contributed by atoms with E-state index in [0.29, 0.717) is 25.3 Å². The number of fused-ring (bicyclic) bond motifs is 3. The summed E-state index contributed by atoms with van der Waals surface area (Å²) >= 11 is 0. The van der Waals surface area contributed by atoms with Crippen LogP contribution in [0, 0.1) is 0 Å². The van der Waals surface area contributed by atoms with E-state index in [2.05, 4.69) is 0 Å². The van der Waals surface area contributed by atoms with Crippen LogP contribution in [0.4, 0.5) is 0 Å². The molecular weight excluding hydrogens is 306 g/mol. The molecule has 0 saturated carbocycles. The zero-order valence-electron chi connectivity index (χ0n) is 13.5. The summed E-state index contributed by atoms with van der Waals surface area (Å²) in [5.74, 6) is 0.880. The number of hydrogen-bond acceptors (Lipinski definition) is 4. The van der Waals surface area contributed by atoms with Gasteiger partial charge in [-0.25, -0.2) is 0 Å². The van der Waals surface area contributed by atoms with E-state index in [-0.39, 0.29) is 18.4 Å². The number of likely N-dealkylation sites (tertiary alicyclic amines) is 1. The molecule has 1 saturated heterocycles. The highest BCUT2D eigenvalue weighted by Gasteiger charge is 2.32. The first-order chi connectivity index (χ1) is 11.7. The summed E-state index contributed by atoms with van der Waals surface area (Å²) in [7, 11) is 1.63. The molecule has 1 aliphatic rings. The first-order valence-corrected chi connectivity index (χ1v) is 8.09. The fourth-order valence-electron chi connectivity index (χ4n) is 3.65. The van der Waals surface area contributed by atoms with Gasteiger partial charge in [-0.3, -0.25) is 4.79 Å². The average Bonchev–Trinajstić information content (AvgIpc) is 3.16. The summed E-state index contributed by atoms with van der Waals surface area (Å²) in [4.78, 5) is 13.9. The zero-order chi connectivity index (χ0) is 16.7.